The lowest BCUT2D eigenvalue weighted by atomic mass is 10.3. The lowest BCUT2D eigenvalue weighted by Crippen LogP contribution is -2.43. The molecule has 1 aromatic rings. The number of imidazole rings is 1. The van der Waals surface area contributed by atoms with Crippen LogP contribution in [-0.4, -0.2) is 47.2 Å². The van der Waals surface area contributed by atoms with Crippen LogP contribution in [0.2, 0.25) is 0 Å². The van der Waals surface area contributed by atoms with Crippen LogP contribution in [0.4, 0.5) is 0 Å². The smallest absolute Gasteiger partial charge is 0.0948 e. The second kappa shape index (κ2) is 5.28. The van der Waals surface area contributed by atoms with E-state index in [1.165, 1.54) is 31.7 Å². The van der Waals surface area contributed by atoms with Gasteiger partial charge >= 0.3 is 0 Å². The molecule has 0 aliphatic carbocycles. The minimum Gasteiger partial charge on any atom is -0.335 e. The molecule has 15 heavy (non-hydrogen) atoms. The summed E-state index contributed by atoms with van der Waals surface area (Å²) in [5.41, 5.74) is 1.26. The molecular weight excluding hydrogens is 188 g/mol. The molecule has 0 radical (unpaired) electrons. The maximum absolute atomic E-state index is 4.13. The second-order valence-electron chi connectivity index (χ2n) is 4.17. The summed E-state index contributed by atoms with van der Waals surface area (Å²) in [6.45, 7) is 9.09. The first-order chi connectivity index (χ1) is 7.36. The third-order valence-corrected chi connectivity index (χ3v) is 3.00. The maximum Gasteiger partial charge on any atom is 0.0948 e. The minimum atomic E-state index is 1.09. The molecule has 2 rings (SSSR count). The molecule has 1 saturated heterocycles. The number of aromatic nitrogens is 2. The van der Waals surface area contributed by atoms with Crippen LogP contribution in [0.15, 0.2) is 12.5 Å². The quantitative estimate of drug-likeness (QED) is 0.781. The van der Waals surface area contributed by atoms with Crippen molar-refractivity contribution in [3.63, 3.8) is 0 Å². The average Bonchev–Trinajstić information content (AvgIpc) is 2.66. The van der Waals surface area contributed by atoms with Gasteiger partial charge in [0.25, 0.3) is 0 Å². The molecular formula is C11H20N4. The third-order valence-electron chi connectivity index (χ3n) is 3.00. The van der Waals surface area contributed by atoms with E-state index in [0.29, 0.717) is 0 Å². The molecule has 1 fully saturated rings. The van der Waals surface area contributed by atoms with Crippen LogP contribution in [0.3, 0.4) is 0 Å². The Bertz CT molecular complexity index is 289. The van der Waals surface area contributed by atoms with E-state index in [1.807, 2.05) is 12.5 Å². The molecule has 0 saturated carbocycles. The fourth-order valence-electron chi connectivity index (χ4n) is 2.02. The summed E-state index contributed by atoms with van der Waals surface area (Å²) < 4.78 is 2.22. The fourth-order valence-corrected chi connectivity index (χ4v) is 2.02. The fraction of sp³-hybridized carbons (Fsp3) is 0.727. The SMILES string of the molecule is Cc1cncn1CCCN1CCNCC1. The molecule has 0 bridgehead atoms. The van der Waals surface area contributed by atoms with Crippen molar-refractivity contribution in [2.24, 2.45) is 0 Å². The Hall–Kier alpha value is -0.870. The van der Waals surface area contributed by atoms with Crippen molar-refractivity contribution in [3.05, 3.63) is 18.2 Å². The Morgan fingerprint density at radius 3 is 2.80 bits per heavy atom. The zero-order valence-corrected chi connectivity index (χ0v) is 9.45. The topological polar surface area (TPSA) is 33.1 Å². The zero-order valence-electron chi connectivity index (χ0n) is 9.45. The van der Waals surface area contributed by atoms with E-state index in [1.54, 1.807) is 0 Å². The summed E-state index contributed by atoms with van der Waals surface area (Å²) in [5, 5.41) is 3.37. The highest BCUT2D eigenvalue weighted by Gasteiger charge is 2.08. The van der Waals surface area contributed by atoms with Crippen molar-refractivity contribution in [1.29, 1.82) is 0 Å². The van der Waals surface area contributed by atoms with Crippen molar-refractivity contribution in [3.8, 4) is 0 Å². The van der Waals surface area contributed by atoms with E-state index in [4.69, 9.17) is 0 Å². The van der Waals surface area contributed by atoms with Crippen LogP contribution in [-0.2, 0) is 6.54 Å². The van der Waals surface area contributed by atoms with Gasteiger partial charge in [0.2, 0.25) is 0 Å². The highest BCUT2D eigenvalue weighted by atomic mass is 15.2. The van der Waals surface area contributed by atoms with Gasteiger partial charge in [-0.3, -0.25) is 0 Å². The van der Waals surface area contributed by atoms with Crippen LogP contribution in [0.5, 0.6) is 0 Å². The second-order valence-corrected chi connectivity index (χ2v) is 4.17. The highest BCUT2D eigenvalue weighted by molar-refractivity contribution is 4.93. The summed E-state index contributed by atoms with van der Waals surface area (Å²) in [5.74, 6) is 0. The predicted octanol–water partition coefficient (Wildman–Crippen LogP) is 0.487. The first-order valence-electron chi connectivity index (χ1n) is 5.76. The number of nitrogens with zero attached hydrogens (tertiary/aromatic N) is 3. The molecule has 84 valence electrons. The van der Waals surface area contributed by atoms with Gasteiger partial charge in [-0.1, -0.05) is 0 Å². The van der Waals surface area contributed by atoms with Crippen molar-refractivity contribution >= 4 is 0 Å². The number of hydrogen-bond donors (Lipinski definition) is 1. The molecule has 1 aliphatic rings. The number of aryl methyl sites for hydroxylation is 2. The van der Waals surface area contributed by atoms with Crippen molar-refractivity contribution in [1.82, 2.24) is 19.8 Å². The van der Waals surface area contributed by atoms with Crippen molar-refractivity contribution in [2.45, 2.75) is 19.9 Å². The van der Waals surface area contributed by atoms with Gasteiger partial charge in [-0.15, -0.1) is 0 Å². The summed E-state index contributed by atoms with van der Waals surface area (Å²) in [4.78, 5) is 6.66. The Labute approximate surface area is 91.3 Å². The third kappa shape index (κ3) is 3.04. The van der Waals surface area contributed by atoms with Gasteiger partial charge in [0.1, 0.15) is 0 Å². The first-order valence-corrected chi connectivity index (χ1v) is 5.76. The largest absolute Gasteiger partial charge is 0.335 e. The maximum atomic E-state index is 4.13. The van der Waals surface area contributed by atoms with Gasteiger partial charge in [-0.05, 0) is 19.9 Å². The Balaban J connectivity index is 1.68. The summed E-state index contributed by atoms with van der Waals surface area (Å²) in [6, 6.07) is 0. The van der Waals surface area contributed by atoms with E-state index < -0.39 is 0 Å². The number of hydrogen-bond acceptors (Lipinski definition) is 3. The van der Waals surface area contributed by atoms with Gasteiger partial charge in [0.05, 0.1) is 6.33 Å². The lowest BCUT2D eigenvalue weighted by molar-refractivity contribution is 0.234. The summed E-state index contributed by atoms with van der Waals surface area (Å²) in [7, 11) is 0. The van der Waals surface area contributed by atoms with Crippen molar-refractivity contribution in [2.75, 3.05) is 32.7 Å². The molecule has 1 aliphatic heterocycles. The van der Waals surface area contributed by atoms with Crippen LogP contribution in [0, 0.1) is 6.92 Å². The highest BCUT2D eigenvalue weighted by Crippen LogP contribution is 2.00. The molecule has 1 aromatic heterocycles. The Kier molecular flexibility index (Phi) is 3.75. The van der Waals surface area contributed by atoms with E-state index in [2.05, 4.69) is 26.7 Å². The van der Waals surface area contributed by atoms with Crippen LogP contribution >= 0.6 is 0 Å². The van der Waals surface area contributed by atoms with E-state index in [-0.39, 0.29) is 0 Å². The monoisotopic (exact) mass is 208 g/mol. The molecule has 4 nitrogen and oxygen atoms in total. The van der Waals surface area contributed by atoms with Gasteiger partial charge in [0, 0.05) is 44.6 Å². The average molecular weight is 208 g/mol. The molecule has 0 unspecified atom stereocenters. The molecule has 1 N–H and O–H groups in total. The predicted molar refractivity (Wildman–Crippen MR) is 60.9 cm³/mol. The first kappa shape index (κ1) is 10.6. The van der Waals surface area contributed by atoms with Gasteiger partial charge in [-0.2, -0.15) is 0 Å². The van der Waals surface area contributed by atoms with E-state index in [9.17, 15) is 0 Å². The van der Waals surface area contributed by atoms with Gasteiger partial charge < -0.3 is 14.8 Å². The minimum absolute atomic E-state index is 1.09. The van der Waals surface area contributed by atoms with Crippen LogP contribution in [0.25, 0.3) is 0 Å². The van der Waals surface area contributed by atoms with Crippen LogP contribution < -0.4 is 5.32 Å². The molecule has 0 aromatic carbocycles. The normalized spacial score (nSPS) is 18.2. The standard InChI is InChI=1S/C11H20N4/c1-11-9-13-10-15(11)6-2-5-14-7-3-12-4-8-14/h9-10,12H,2-8H2,1H3. The molecule has 0 amide bonds. The molecule has 2 heterocycles. The summed E-state index contributed by atoms with van der Waals surface area (Å²) >= 11 is 0. The van der Waals surface area contributed by atoms with Crippen LogP contribution in [0.1, 0.15) is 12.1 Å². The Morgan fingerprint density at radius 1 is 1.33 bits per heavy atom. The van der Waals surface area contributed by atoms with Gasteiger partial charge in [0.15, 0.2) is 0 Å². The zero-order chi connectivity index (χ0) is 10.5. The van der Waals surface area contributed by atoms with Crippen molar-refractivity contribution < 1.29 is 0 Å². The molecule has 0 spiro atoms. The van der Waals surface area contributed by atoms with Gasteiger partial charge in [-0.25, -0.2) is 4.98 Å². The molecule has 0 atom stereocenters. The van der Waals surface area contributed by atoms with E-state index in [0.717, 1.165) is 19.6 Å². The molecule has 4 heteroatoms. The number of piperazine rings is 1. The summed E-state index contributed by atoms with van der Waals surface area (Å²) in [6.07, 6.45) is 5.06. The van der Waals surface area contributed by atoms with E-state index >= 15 is 0 Å². The number of nitrogens with one attached hydrogen (secondary N) is 1. The Morgan fingerprint density at radius 2 is 2.13 bits per heavy atom. The lowest BCUT2D eigenvalue weighted by Gasteiger charge is -2.27. The number of rotatable bonds is 4.